The lowest BCUT2D eigenvalue weighted by Gasteiger charge is -2.43. The molecule has 2 aliphatic rings. The zero-order valence-corrected chi connectivity index (χ0v) is 20.4. The van der Waals surface area contributed by atoms with Crippen LogP contribution in [0.1, 0.15) is 61.6 Å². The molecule has 1 aliphatic heterocycles. The van der Waals surface area contributed by atoms with Gasteiger partial charge in [-0.3, -0.25) is 0 Å². The van der Waals surface area contributed by atoms with Gasteiger partial charge < -0.3 is 14.6 Å². The molecule has 4 nitrogen and oxygen atoms in total. The van der Waals surface area contributed by atoms with E-state index in [1.807, 2.05) is 43.3 Å². The largest absolute Gasteiger partial charge is 0.512 e. The highest BCUT2D eigenvalue weighted by atomic mass is 35.5. The highest BCUT2D eigenvalue weighted by molar-refractivity contribution is 6.42. The summed E-state index contributed by atoms with van der Waals surface area (Å²) >= 11 is 12.3. The Kier molecular flexibility index (Phi) is 7.55. The second-order valence-electron chi connectivity index (χ2n) is 9.27. The van der Waals surface area contributed by atoms with Gasteiger partial charge in [-0.25, -0.2) is 4.79 Å². The minimum Gasteiger partial charge on any atom is -0.512 e. The Bertz CT molecular complexity index is 1000. The van der Waals surface area contributed by atoms with Crippen molar-refractivity contribution in [2.24, 2.45) is 5.92 Å². The van der Waals surface area contributed by atoms with E-state index >= 15 is 0 Å². The van der Waals surface area contributed by atoms with E-state index in [-0.39, 0.29) is 5.76 Å². The van der Waals surface area contributed by atoms with Crippen molar-refractivity contribution in [2.45, 2.75) is 70.5 Å². The van der Waals surface area contributed by atoms with E-state index in [0.29, 0.717) is 35.4 Å². The minimum absolute atomic E-state index is 0.137. The highest BCUT2D eigenvalue weighted by Crippen LogP contribution is 2.43. The SMILES string of the molecule is Cc1cc(COc2ccc(CCC3(C4CCCCC4)CC(O)=CC(=O)O3)cc2)cc(Cl)c1Cl. The number of cyclic esters (lactones) is 1. The van der Waals surface area contributed by atoms with E-state index < -0.39 is 11.6 Å². The van der Waals surface area contributed by atoms with Crippen molar-refractivity contribution in [3.63, 3.8) is 0 Å². The lowest BCUT2D eigenvalue weighted by molar-refractivity contribution is -0.167. The van der Waals surface area contributed by atoms with E-state index in [0.717, 1.165) is 54.5 Å². The number of aliphatic hydroxyl groups is 1. The normalized spacial score (nSPS) is 21.4. The predicted octanol–water partition coefficient (Wildman–Crippen LogP) is 7.52. The third kappa shape index (κ3) is 5.85. The Morgan fingerprint density at radius 1 is 1.09 bits per heavy atom. The van der Waals surface area contributed by atoms with Gasteiger partial charge in [-0.1, -0.05) is 60.7 Å². The minimum atomic E-state index is -0.614. The van der Waals surface area contributed by atoms with Crippen LogP contribution in [0, 0.1) is 12.8 Å². The van der Waals surface area contributed by atoms with E-state index in [4.69, 9.17) is 32.7 Å². The van der Waals surface area contributed by atoms with Crippen LogP contribution in [0.5, 0.6) is 5.75 Å². The summed E-state index contributed by atoms with van der Waals surface area (Å²) in [6.45, 7) is 2.33. The average molecular weight is 489 g/mol. The number of halogens is 2. The molecular formula is C27H30Cl2O4. The zero-order chi connectivity index (χ0) is 23.4. The molecule has 2 aromatic rings. The lowest BCUT2D eigenvalue weighted by atomic mass is 9.71. The molecule has 0 amide bonds. The van der Waals surface area contributed by atoms with E-state index in [1.165, 1.54) is 12.5 Å². The number of benzene rings is 2. The van der Waals surface area contributed by atoms with Crippen LogP contribution in [-0.4, -0.2) is 16.7 Å². The van der Waals surface area contributed by atoms with Gasteiger partial charge in [0.25, 0.3) is 0 Å². The molecule has 0 aromatic heterocycles. The number of hydrogen-bond acceptors (Lipinski definition) is 4. The molecule has 1 heterocycles. The van der Waals surface area contributed by atoms with E-state index in [9.17, 15) is 9.90 Å². The van der Waals surface area contributed by atoms with Gasteiger partial charge in [0.05, 0.1) is 16.1 Å². The van der Waals surface area contributed by atoms with Crippen molar-refractivity contribution in [3.8, 4) is 5.75 Å². The van der Waals surface area contributed by atoms with Crippen LogP contribution < -0.4 is 4.74 Å². The van der Waals surface area contributed by atoms with Crippen molar-refractivity contribution in [2.75, 3.05) is 0 Å². The summed E-state index contributed by atoms with van der Waals surface area (Å²) < 4.78 is 11.8. The van der Waals surface area contributed by atoms with Gasteiger partial charge >= 0.3 is 5.97 Å². The molecule has 1 aliphatic carbocycles. The standard InChI is InChI=1S/C27H30Cl2O4/c1-18-13-20(14-24(28)26(18)29)17-32-23-9-7-19(8-10-23)11-12-27(21-5-3-2-4-6-21)16-22(30)15-25(31)33-27/h7-10,13-15,21,30H,2-6,11-12,16-17H2,1H3. The monoisotopic (exact) mass is 488 g/mol. The van der Waals surface area contributed by atoms with E-state index in [1.54, 1.807) is 0 Å². The first-order chi connectivity index (χ1) is 15.8. The number of hydrogen-bond donors (Lipinski definition) is 1. The smallest absolute Gasteiger partial charge is 0.334 e. The number of aryl methyl sites for hydroxylation is 2. The van der Waals surface area contributed by atoms with Gasteiger partial charge in [-0.2, -0.15) is 0 Å². The van der Waals surface area contributed by atoms with Crippen molar-refractivity contribution in [3.05, 3.63) is 75.0 Å². The third-order valence-electron chi connectivity index (χ3n) is 6.85. The molecule has 1 saturated carbocycles. The molecule has 176 valence electrons. The fourth-order valence-corrected chi connectivity index (χ4v) is 5.51. The number of carbonyl (C=O) groups excluding carboxylic acids is 1. The van der Waals surface area contributed by atoms with Crippen LogP contribution >= 0.6 is 23.2 Å². The van der Waals surface area contributed by atoms with Crippen LogP contribution in [0.15, 0.2) is 48.2 Å². The average Bonchev–Trinajstić information content (AvgIpc) is 2.80. The molecule has 33 heavy (non-hydrogen) atoms. The molecule has 4 rings (SSSR count). The van der Waals surface area contributed by atoms with Crippen LogP contribution in [-0.2, 0) is 22.6 Å². The van der Waals surface area contributed by atoms with Crippen molar-refractivity contribution in [1.82, 2.24) is 0 Å². The van der Waals surface area contributed by atoms with Gasteiger partial charge in [0.1, 0.15) is 23.7 Å². The summed E-state index contributed by atoms with van der Waals surface area (Å²) in [5.41, 5.74) is 2.42. The number of carbonyl (C=O) groups is 1. The molecule has 1 atom stereocenters. The molecule has 0 saturated heterocycles. The summed E-state index contributed by atoms with van der Waals surface area (Å²) in [5, 5.41) is 11.3. The van der Waals surface area contributed by atoms with Crippen molar-refractivity contribution in [1.29, 1.82) is 0 Å². The van der Waals surface area contributed by atoms with Gasteiger partial charge in [0.15, 0.2) is 0 Å². The molecule has 0 bridgehead atoms. The fourth-order valence-electron chi connectivity index (χ4n) is 5.12. The van der Waals surface area contributed by atoms with Gasteiger partial charge in [-0.05, 0) is 73.4 Å². The van der Waals surface area contributed by atoms with Crippen LogP contribution in [0.3, 0.4) is 0 Å². The first-order valence-electron chi connectivity index (χ1n) is 11.6. The molecule has 0 radical (unpaired) electrons. The molecule has 6 heteroatoms. The van der Waals surface area contributed by atoms with Gasteiger partial charge in [0, 0.05) is 6.42 Å². The fraction of sp³-hybridized carbons (Fsp3) is 0.444. The molecule has 0 spiro atoms. The second-order valence-corrected chi connectivity index (χ2v) is 10.1. The lowest BCUT2D eigenvalue weighted by Crippen LogP contribution is -2.46. The second kappa shape index (κ2) is 10.4. The van der Waals surface area contributed by atoms with Gasteiger partial charge in [0.2, 0.25) is 0 Å². The quantitative estimate of drug-likeness (QED) is 0.409. The molecular weight excluding hydrogens is 459 g/mol. The number of ether oxygens (including phenoxy) is 2. The van der Waals surface area contributed by atoms with Gasteiger partial charge in [-0.15, -0.1) is 0 Å². The molecule has 2 aromatic carbocycles. The summed E-state index contributed by atoms with van der Waals surface area (Å²) in [4.78, 5) is 12.1. The zero-order valence-electron chi connectivity index (χ0n) is 18.9. The molecule has 1 fully saturated rings. The summed E-state index contributed by atoms with van der Waals surface area (Å²) in [6, 6.07) is 11.8. The third-order valence-corrected chi connectivity index (χ3v) is 7.75. The van der Waals surface area contributed by atoms with Crippen molar-refractivity contribution >= 4 is 29.2 Å². The topological polar surface area (TPSA) is 55.8 Å². The summed E-state index contributed by atoms with van der Waals surface area (Å²) in [6.07, 6.45) is 8.70. The maximum Gasteiger partial charge on any atom is 0.334 e. The first kappa shape index (κ1) is 24.0. The predicted molar refractivity (Wildman–Crippen MR) is 131 cm³/mol. The highest BCUT2D eigenvalue weighted by Gasteiger charge is 2.45. The molecule has 1 N–H and O–H groups in total. The Morgan fingerprint density at radius 3 is 2.48 bits per heavy atom. The number of rotatable bonds is 7. The Labute approximate surface area is 205 Å². The maximum absolute atomic E-state index is 12.1. The van der Waals surface area contributed by atoms with Crippen LogP contribution in [0.4, 0.5) is 0 Å². The Balaban J connectivity index is 1.39. The van der Waals surface area contributed by atoms with E-state index in [2.05, 4.69) is 0 Å². The Hall–Kier alpha value is -2.17. The van der Waals surface area contributed by atoms with Crippen LogP contribution in [0.25, 0.3) is 0 Å². The number of esters is 1. The van der Waals surface area contributed by atoms with Crippen molar-refractivity contribution < 1.29 is 19.4 Å². The maximum atomic E-state index is 12.1. The Morgan fingerprint density at radius 2 is 1.82 bits per heavy atom. The summed E-state index contributed by atoms with van der Waals surface area (Å²) in [7, 11) is 0. The number of aliphatic hydroxyl groups excluding tert-OH is 1. The molecule has 1 unspecified atom stereocenters. The van der Waals surface area contributed by atoms with Crippen LogP contribution in [0.2, 0.25) is 10.0 Å². The first-order valence-corrected chi connectivity index (χ1v) is 12.4. The summed E-state index contributed by atoms with van der Waals surface area (Å²) in [5.74, 6) is 0.779.